The standard InChI is InChI=1S/C11H11F2NO3/c1-6-3-4-7(12)9(10(6)13)11(17)14(2)5-8(15)16/h3-4H,5H2,1-2H3,(H,15,16). The van der Waals surface area contributed by atoms with Gasteiger partial charge in [-0.1, -0.05) is 6.07 Å². The fourth-order valence-electron chi connectivity index (χ4n) is 1.32. The van der Waals surface area contributed by atoms with E-state index in [1.165, 1.54) is 13.0 Å². The number of halogens is 2. The number of hydrogen-bond donors (Lipinski definition) is 1. The number of benzene rings is 1. The zero-order chi connectivity index (χ0) is 13.2. The van der Waals surface area contributed by atoms with E-state index >= 15 is 0 Å². The van der Waals surface area contributed by atoms with E-state index in [4.69, 9.17) is 5.11 Å². The van der Waals surface area contributed by atoms with Crippen molar-refractivity contribution in [2.24, 2.45) is 0 Å². The molecule has 0 fully saturated rings. The lowest BCUT2D eigenvalue weighted by atomic mass is 10.1. The molecule has 0 aromatic heterocycles. The van der Waals surface area contributed by atoms with Crippen LogP contribution in [0.25, 0.3) is 0 Å². The highest BCUT2D eigenvalue weighted by atomic mass is 19.1. The first-order chi connectivity index (χ1) is 7.84. The monoisotopic (exact) mass is 243 g/mol. The summed E-state index contributed by atoms with van der Waals surface area (Å²) < 4.78 is 26.9. The molecule has 1 N–H and O–H groups in total. The molecule has 0 heterocycles. The molecule has 0 saturated carbocycles. The highest BCUT2D eigenvalue weighted by Crippen LogP contribution is 2.17. The highest BCUT2D eigenvalue weighted by molar-refractivity contribution is 5.96. The van der Waals surface area contributed by atoms with Gasteiger partial charge >= 0.3 is 5.97 Å². The van der Waals surface area contributed by atoms with Crippen LogP contribution in [-0.2, 0) is 4.79 Å². The van der Waals surface area contributed by atoms with E-state index in [1.54, 1.807) is 0 Å². The molecule has 0 aliphatic rings. The molecular weight excluding hydrogens is 232 g/mol. The molecule has 0 aliphatic heterocycles. The van der Waals surface area contributed by atoms with Gasteiger partial charge in [-0.25, -0.2) is 8.78 Å². The summed E-state index contributed by atoms with van der Waals surface area (Å²) >= 11 is 0. The Hall–Kier alpha value is -1.98. The van der Waals surface area contributed by atoms with Crippen LogP contribution in [0.5, 0.6) is 0 Å². The van der Waals surface area contributed by atoms with Crippen LogP contribution < -0.4 is 0 Å². The number of aryl methyl sites for hydroxylation is 1. The predicted octanol–water partition coefficient (Wildman–Crippen LogP) is 1.43. The first kappa shape index (κ1) is 13.1. The van der Waals surface area contributed by atoms with Crippen molar-refractivity contribution in [1.82, 2.24) is 4.90 Å². The van der Waals surface area contributed by atoms with Crippen LogP contribution in [0.2, 0.25) is 0 Å². The van der Waals surface area contributed by atoms with Gasteiger partial charge in [0.15, 0.2) is 0 Å². The largest absolute Gasteiger partial charge is 0.480 e. The van der Waals surface area contributed by atoms with Crippen molar-refractivity contribution in [3.8, 4) is 0 Å². The normalized spacial score (nSPS) is 10.1. The first-order valence-electron chi connectivity index (χ1n) is 4.76. The molecule has 1 rings (SSSR count). The molecule has 1 amide bonds. The molecule has 0 spiro atoms. The lowest BCUT2D eigenvalue weighted by Gasteiger charge is -2.16. The molecule has 0 unspecified atom stereocenters. The second kappa shape index (κ2) is 4.90. The number of aliphatic carboxylic acids is 1. The van der Waals surface area contributed by atoms with Crippen molar-refractivity contribution in [2.45, 2.75) is 6.92 Å². The predicted molar refractivity (Wildman–Crippen MR) is 55.7 cm³/mol. The van der Waals surface area contributed by atoms with Gasteiger partial charge in [0.1, 0.15) is 23.7 Å². The second-order valence-corrected chi connectivity index (χ2v) is 3.61. The van der Waals surface area contributed by atoms with Crippen molar-refractivity contribution in [3.05, 3.63) is 34.9 Å². The summed E-state index contributed by atoms with van der Waals surface area (Å²) in [5.74, 6) is -4.22. The lowest BCUT2D eigenvalue weighted by molar-refractivity contribution is -0.137. The van der Waals surface area contributed by atoms with Crippen LogP contribution in [0.1, 0.15) is 15.9 Å². The van der Waals surface area contributed by atoms with Crippen LogP contribution >= 0.6 is 0 Å². The zero-order valence-corrected chi connectivity index (χ0v) is 9.33. The Kier molecular flexibility index (Phi) is 3.77. The average Bonchev–Trinajstić information content (AvgIpc) is 2.23. The van der Waals surface area contributed by atoms with Crippen molar-refractivity contribution in [1.29, 1.82) is 0 Å². The van der Waals surface area contributed by atoms with Crippen LogP contribution in [0.3, 0.4) is 0 Å². The Morgan fingerprint density at radius 2 is 1.94 bits per heavy atom. The number of nitrogens with zero attached hydrogens (tertiary/aromatic N) is 1. The summed E-state index contributed by atoms with van der Waals surface area (Å²) in [5.41, 5.74) is -0.604. The molecule has 4 nitrogen and oxygen atoms in total. The van der Waals surface area contributed by atoms with E-state index in [0.717, 1.165) is 18.0 Å². The number of carbonyl (C=O) groups excluding carboxylic acids is 1. The van der Waals surface area contributed by atoms with Gasteiger partial charge in [-0.2, -0.15) is 0 Å². The number of rotatable bonds is 3. The van der Waals surface area contributed by atoms with E-state index < -0.39 is 35.6 Å². The van der Waals surface area contributed by atoms with Gasteiger partial charge < -0.3 is 10.0 Å². The molecule has 0 atom stereocenters. The maximum atomic E-state index is 13.6. The number of carboxylic acid groups (broad SMARTS) is 1. The summed E-state index contributed by atoms with van der Waals surface area (Å²) in [5, 5.41) is 8.49. The van der Waals surface area contributed by atoms with E-state index in [1.807, 2.05) is 0 Å². The minimum absolute atomic E-state index is 0.124. The molecular formula is C11H11F2NO3. The van der Waals surface area contributed by atoms with E-state index in [-0.39, 0.29) is 5.56 Å². The summed E-state index contributed by atoms with van der Waals surface area (Å²) in [6.07, 6.45) is 0. The van der Waals surface area contributed by atoms with Crippen LogP contribution in [0, 0.1) is 18.6 Å². The van der Waals surface area contributed by atoms with E-state index in [2.05, 4.69) is 0 Å². The van der Waals surface area contributed by atoms with E-state index in [0.29, 0.717) is 0 Å². The topological polar surface area (TPSA) is 57.6 Å². The SMILES string of the molecule is Cc1ccc(F)c(C(=O)N(C)CC(=O)O)c1F. The molecule has 6 heteroatoms. The molecule has 0 aliphatic carbocycles. The Morgan fingerprint density at radius 3 is 2.47 bits per heavy atom. The van der Waals surface area contributed by atoms with Crippen LogP contribution in [-0.4, -0.2) is 35.5 Å². The average molecular weight is 243 g/mol. The quantitative estimate of drug-likeness (QED) is 0.873. The summed E-state index contributed by atoms with van der Waals surface area (Å²) in [4.78, 5) is 22.8. The molecule has 0 radical (unpaired) electrons. The molecule has 92 valence electrons. The van der Waals surface area contributed by atoms with Gasteiger partial charge in [-0.05, 0) is 18.6 Å². The van der Waals surface area contributed by atoms with Crippen molar-refractivity contribution in [2.75, 3.05) is 13.6 Å². The molecule has 1 aromatic rings. The highest BCUT2D eigenvalue weighted by Gasteiger charge is 2.23. The smallest absolute Gasteiger partial charge is 0.323 e. The molecule has 0 bridgehead atoms. The van der Waals surface area contributed by atoms with E-state index in [9.17, 15) is 18.4 Å². The van der Waals surface area contributed by atoms with Gasteiger partial charge in [-0.15, -0.1) is 0 Å². The fraction of sp³-hybridized carbons (Fsp3) is 0.273. The molecule has 17 heavy (non-hydrogen) atoms. The third kappa shape index (κ3) is 2.77. The third-order valence-corrected chi connectivity index (χ3v) is 2.22. The Labute approximate surface area is 96.5 Å². The minimum atomic E-state index is -1.26. The second-order valence-electron chi connectivity index (χ2n) is 3.61. The zero-order valence-electron chi connectivity index (χ0n) is 9.33. The Morgan fingerprint density at radius 1 is 1.35 bits per heavy atom. The Bertz CT molecular complexity index is 474. The van der Waals surface area contributed by atoms with Gasteiger partial charge in [0.2, 0.25) is 0 Å². The summed E-state index contributed by atoms with van der Waals surface area (Å²) in [7, 11) is 1.16. The van der Waals surface area contributed by atoms with Gasteiger partial charge in [-0.3, -0.25) is 9.59 Å². The fourth-order valence-corrected chi connectivity index (χ4v) is 1.32. The van der Waals surface area contributed by atoms with Crippen molar-refractivity contribution < 1.29 is 23.5 Å². The van der Waals surface area contributed by atoms with Crippen molar-refractivity contribution in [3.63, 3.8) is 0 Å². The summed E-state index contributed by atoms with van der Waals surface area (Å²) in [6, 6.07) is 2.18. The number of amides is 1. The van der Waals surface area contributed by atoms with Crippen LogP contribution in [0.15, 0.2) is 12.1 Å². The summed E-state index contributed by atoms with van der Waals surface area (Å²) in [6.45, 7) is 0.772. The maximum absolute atomic E-state index is 13.6. The number of carbonyl (C=O) groups is 2. The Balaban J connectivity index is 3.12. The minimum Gasteiger partial charge on any atom is -0.480 e. The van der Waals surface area contributed by atoms with Gasteiger partial charge in [0.25, 0.3) is 5.91 Å². The number of likely N-dealkylation sites (N-methyl/N-ethyl adjacent to an activating group) is 1. The molecule has 0 saturated heterocycles. The van der Waals surface area contributed by atoms with Gasteiger partial charge in [0.05, 0.1) is 0 Å². The lowest BCUT2D eigenvalue weighted by Crippen LogP contribution is -2.33. The van der Waals surface area contributed by atoms with Gasteiger partial charge in [0, 0.05) is 7.05 Å². The van der Waals surface area contributed by atoms with Crippen LogP contribution in [0.4, 0.5) is 8.78 Å². The number of carboxylic acids is 1. The first-order valence-corrected chi connectivity index (χ1v) is 4.76. The number of hydrogen-bond acceptors (Lipinski definition) is 2. The third-order valence-electron chi connectivity index (χ3n) is 2.22. The van der Waals surface area contributed by atoms with Crippen molar-refractivity contribution >= 4 is 11.9 Å². The maximum Gasteiger partial charge on any atom is 0.323 e. The molecule has 1 aromatic carbocycles.